The molecular weight excluding hydrogens is 237 g/mol. The van der Waals surface area contributed by atoms with Crippen LogP contribution in [0.4, 0.5) is 0 Å². The van der Waals surface area contributed by atoms with E-state index in [4.69, 9.17) is 9.39 Å². The van der Waals surface area contributed by atoms with Crippen molar-refractivity contribution in [1.82, 2.24) is 0 Å². The van der Waals surface area contributed by atoms with Crippen molar-refractivity contribution in [2.45, 2.75) is 31.3 Å². The van der Waals surface area contributed by atoms with Crippen molar-refractivity contribution in [3.8, 4) is 0 Å². The quantitative estimate of drug-likeness (QED) is 0.368. The van der Waals surface area contributed by atoms with Gasteiger partial charge in [-0.15, -0.1) is 0 Å². The summed E-state index contributed by atoms with van der Waals surface area (Å²) >= 11 is 0. The van der Waals surface area contributed by atoms with Gasteiger partial charge in [-0.3, -0.25) is 9.59 Å². The maximum atomic E-state index is 12.1. The normalized spacial score (nSPS) is 57.4. The zero-order valence-corrected chi connectivity index (χ0v) is 10.3. The van der Waals surface area contributed by atoms with Gasteiger partial charge in [0.2, 0.25) is 5.78 Å². The van der Waals surface area contributed by atoms with Crippen LogP contribution >= 0.6 is 0 Å². The van der Waals surface area contributed by atoms with Crippen molar-refractivity contribution in [2.24, 2.45) is 5.92 Å². The Kier molecular flexibility index (Phi) is 1.71. The summed E-state index contributed by atoms with van der Waals surface area (Å²) in [5.74, 6) is -1.28. The van der Waals surface area contributed by atoms with Crippen LogP contribution in [-0.4, -0.2) is 59.1 Å². The van der Waals surface area contributed by atoms with Gasteiger partial charge in [-0.2, -0.15) is 0 Å². The fourth-order valence-electron chi connectivity index (χ4n) is 4.47. The van der Waals surface area contributed by atoms with Crippen LogP contribution in [0.25, 0.3) is 0 Å². The largest absolute Gasteiger partial charge is 0.613 e. The molecule has 7 heteroatoms. The van der Waals surface area contributed by atoms with Crippen LogP contribution in [0.2, 0.25) is 0 Å². The molecule has 0 aromatic heterocycles. The van der Waals surface area contributed by atoms with Crippen LogP contribution in [-0.2, 0) is 19.0 Å². The van der Waals surface area contributed by atoms with Gasteiger partial charge in [0.15, 0.2) is 5.92 Å². The summed E-state index contributed by atoms with van der Waals surface area (Å²) < 4.78 is 11.0. The molecule has 18 heavy (non-hydrogen) atoms. The van der Waals surface area contributed by atoms with Crippen LogP contribution in [0.15, 0.2) is 0 Å². The minimum Gasteiger partial charge on any atom is -0.613 e. The number of carbonyl (C=O) groups excluding carboxylic acids is 2. The molecule has 3 unspecified atom stereocenters. The van der Waals surface area contributed by atoms with E-state index in [1.54, 1.807) is 6.92 Å². The van der Waals surface area contributed by atoms with E-state index in [0.29, 0.717) is 13.2 Å². The van der Waals surface area contributed by atoms with E-state index in [1.807, 2.05) is 0 Å². The number of epoxide rings is 1. The molecule has 4 saturated heterocycles. The first-order chi connectivity index (χ1) is 8.44. The van der Waals surface area contributed by atoms with Gasteiger partial charge in [0.1, 0.15) is 6.54 Å². The first-order valence-electron chi connectivity index (χ1n) is 6.56. The second-order valence-corrected chi connectivity index (χ2v) is 6.38. The molecule has 0 amide bonds. The van der Waals surface area contributed by atoms with E-state index in [-0.39, 0.29) is 22.8 Å². The maximum absolute atomic E-state index is 12.1. The minimum absolute atomic E-state index is 0.0771. The molecule has 5 atom stereocenters. The van der Waals surface area contributed by atoms with E-state index in [1.165, 1.54) is 0 Å². The molecule has 0 aliphatic carbocycles. The SMILES string of the molecule is CC1([B-]2(O)OC(=O)[C@H]3C(=O)C[N+]24CCC[C@@H]34)CO1. The second kappa shape index (κ2) is 2.81. The molecule has 98 valence electrons. The highest BCUT2D eigenvalue weighted by atomic mass is 16.7. The Labute approximate surface area is 104 Å². The number of quaternary nitrogens is 1. The molecule has 4 aliphatic heterocycles. The number of Topliss-reactive ketones (excluding diaryl/α,β-unsaturated/α-hetero) is 1. The van der Waals surface area contributed by atoms with E-state index >= 15 is 0 Å². The molecule has 4 rings (SSSR count). The summed E-state index contributed by atoms with van der Waals surface area (Å²) in [6.07, 6.45) is 1.73. The van der Waals surface area contributed by atoms with Crippen LogP contribution in [0.5, 0.6) is 0 Å². The summed E-state index contributed by atoms with van der Waals surface area (Å²) in [6, 6.07) is -0.0928. The minimum atomic E-state index is -2.47. The molecular formula is C11H16BNO5. The third kappa shape index (κ3) is 0.918. The van der Waals surface area contributed by atoms with Crippen LogP contribution in [0, 0.1) is 5.92 Å². The molecule has 0 spiro atoms. The standard InChI is InChI=1S/C11H16BNO5/c1-11(6-17-11)12(16)13-4-2-3-7(13)9(8(14)5-13)10(15)18-12/h7,9,16H,2-6H2,1H3/t7-,9+,11?,12?,13?/m0/s1. The van der Waals surface area contributed by atoms with E-state index in [2.05, 4.69) is 0 Å². The van der Waals surface area contributed by atoms with Crippen molar-refractivity contribution >= 4 is 18.4 Å². The average molecular weight is 253 g/mol. The van der Waals surface area contributed by atoms with Crippen molar-refractivity contribution in [2.75, 3.05) is 19.7 Å². The van der Waals surface area contributed by atoms with E-state index < -0.39 is 24.1 Å². The summed E-state index contributed by atoms with van der Waals surface area (Å²) in [4.78, 5) is 24.1. The number of ketones is 1. The number of hydrogen-bond acceptors (Lipinski definition) is 5. The topological polar surface area (TPSA) is 76.1 Å². The predicted octanol–water partition coefficient (Wildman–Crippen LogP) is -1.02. The summed E-state index contributed by atoms with van der Waals surface area (Å²) in [5, 5.41) is 11.0. The first kappa shape index (κ1) is 11.0. The van der Waals surface area contributed by atoms with Crippen molar-refractivity contribution in [1.29, 1.82) is 0 Å². The van der Waals surface area contributed by atoms with Crippen LogP contribution in [0.3, 0.4) is 0 Å². The van der Waals surface area contributed by atoms with E-state index in [0.717, 1.165) is 12.8 Å². The molecule has 4 aliphatic rings. The van der Waals surface area contributed by atoms with Gasteiger partial charge in [-0.05, 0) is 6.42 Å². The highest BCUT2D eigenvalue weighted by molar-refractivity contribution is 6.65. The lowest BCUT2D eigenvalue weighted by Gasteiger charge is -2.57. The Hall–Kier alpha value is -0.915. The van der Waals surface area contributed by atoms with Gasteiger partial charge in [-0.25, -0.2) is 0 Å². The fourth-order valence-corrected chi connectivity index (χ4v) is 4.47. The second-order valence-electron chi connectivity index (χ2n) is 6.38. The molecule has 1 N–H and O–H groups in total. The van der Waals surface area contributed by atoms with Crippen molar-refractivity contribution < 1.29 is 28.4 Å². The zero-order valence-electron chi connectivity index (χ0n) is 10.3. The number of hydrogen-bond donors (Lipinski definition) is 1. The smallest absolute Gasteiger partial charge is 0.558 e. The highest BCUT2D eigenvalue weighted by Crippen LogP contribution is 2.53. The molecule has 4 fully saturated rings. The Bertz CT molecular complexity index is 478. The third-order valence-electron chi connectivity index (χ3n) is 5.54. The molecule has 4 heterocycles. The Morgan fingerprint density at radius 2 is 2.22 bits per heavy atom. The van der Waals surface area contributed by atoms with Crippen molar-refractivity contribution in [3.05, 3.63) is 0 Å². The average Bonchev–Trinajstić information content (AvgIpc) is 2.82. The molecule has 0 aromatic carbocycles. The molecule has 2 bridgehead atoms. The Morgan fingerprint density at radius 1 is 1.50 bits per heavy atom. The van der Waals surface area contributed by atoms with Gasteiger partial charge in [0.05, 0.1) is 18.1 Å². The summed E-state index contributed by atoms with van der Waals surface area (Å²) in [5.41, 5.74) is -0.798. The maximum Gasteiger partial charge on any atom is 0.558 e. The summed E-state index contributed by atoms with van der Waals surface area (Å²) in [7, 11) is 0. The fraction of sp³-hybridized carbons (Fsp3) is 0.818. The molecule has 6 nitrogen and oxygen atoms in total. The number of rotatable bonds is 1. The molecule has 0 radical (unpaired) electrons. The zero-order chi connectivity index (χ0) is 12.8. The van der Waals surface area contributed by atoms with Gasteiger partial charge in [0, 0.05) is 13.0 Å². The monoisotopic (exact) mass is 253 g/mol. The lowest BCUT2D eigenvalue weighted by Crippen LogP contribution is -2.80. The number of carbonyl (C=O) groups is 2. The molecule has 0 aromatic rings. The van der Waals surface area contributed by atoms with Gasteiger partial charge in [0.25, 0.3) is 5.97 Å². The van der Waals surface area contributed by atoms with Crippen LogP contribution in [0.1, 0.15) is 19.8 Å². The lowest BCUT2D eigenvalue weighted by molar-refractivity contribution is -0.851. The summed E-state index contributed by atoms with van der Waals surface area (Å²) in [6.45, 7) is 0.614. The van der Waals surface area contributed by atoms with Crippen LogP contribution < -0.4 is 0 Å². The first-order valence-corrected chi connectivity index (χ1v) is 6.56. The lowest BCUT2D eigenvalue weighted by atomic mass is 9.53. The Morgan fingerprint density at radius 3 is 2.89 bits per heavy atom. The van der Waals surface area contributed by atoms with Gasteiger partial charge in [-0.1, -0.05) is 6.92 Å². The Balaban J connectivity index is 1.90. The van der Waals surface area contributed by atoms with Gasteiger partial charge < -0.3 is 18.8 Å². The predicted molar refractivity (Wildman–Crippen MR) is 59.9 cm³/mol. The number of ether oxygens (including phenoxy) is 1. The third-order valence-corrected chi connectivity index (χ3v) is 5.54. The highest BCUT2D eigenvalue weighted by Gasteiger charge is 2.79. The number of nitrogens with zero attached hydrogens (tertiary/aromatic N) is 1. The molecule has 0 saturated carbocycles. The van der Waals surface area contributed by atoms with E-state index in [9.17, 15) is 14.6 Å². The van der Waals surface area contributed by atoms with Gasteiger partial charge >= 0.3 is 6.69 Å². The van der Waals surface area contributed by atoms with Crippen molar-refractivity contribution in [3.63, 3.8) is 0 Å².